The van der Waals surface area contributed by atoms with E-state index in [1.54, 1.807) is 12.1 Å². The molecule has 0 spiro atoms. The molecule has 6 nitrogen and oxygen atoms in total. The molecule has 0 bridgehead atoms. The topological polar surface area (TPSA) is 107 Å². The molecule has 0 aliphatic heterocycles. The maximum absolute atomic E-state index is 11.7. The Hall–Kier alpha value is -2.50. The zero-order valence-electron chi connectivity index (χ0n) is 9.81. The fourth-order valence-corrected chi connectivity index (χ4v) is 1.22. The number of ether oxygens (including phenoxy) is 1. The van der Waals surface area contributed by atoms with Crippen molar-refractivity contribution < 1.29 is 14.3 Å². The predicted octanol–water partition coefficient (Wildman–Crippen LogP) is 0.0487. The zero-order chi connectivity index (χ0) is 13.5. The summed E-state index contributed by atoms with van der Waals surface area (Å²) < 4.78 is 5.09. The van der Waals surface area contributed by atoms with E-state index in [4.69, 9.17) is 16.2 Å². The third-order valence-corrected chi connectivity index (χ3v) is 2.05. The van der Waals surface area contributed by atoms with E-state index in [-0.39, 0.29) is 18.3 Å². The molecular formula is C12H15N3O3. The molecule has 0 radical (unpaired) electrons. The number of carbonyl (C=O) groups excluding carboxylic acids is 2. The van der Waals surface area contributed by atoms with Gasteiger partial charge in [0.1, 0.15) is 5.75 Å². The average molecular weight is 249 g/mol. The molecule has 5 N–H and O–H groups in total. The van der Waals surface area contributed by atoms with Crippen molar-refractivity contribution in [3.63, 3.8) is 0 Å². The number of benzene rings is 1. The van der Waals surface area contributed by atoms with Crippen molar-refractivity contribution in [3.8, 4) is 5.75 Å². The number of anilines is 1. The minimum Gasteiger partial charge on any atom is -0.482 e. The summed E-state index contributed by atoms with van der Waals surface area (Å²) in [5.41, 5.74) is 11.3. The van der Waals surface area contributed by atoms with Gasteiger partial charge >= 0.3 is 0 Å². The molecule has 0 saturated heterocycles. The van der Waals surface area contributed by atoms with Gasteiger partial charge in [0.05, 0.1) is 5.69 Å². The minimum absolute atomic E-state index is 0.250. The normalized spacial score (nSPS) is 9.56. The van der Waals surface area contributed by atoms with Gasteiger partial charge in [0.25, 0.3) is 11.8 Å². The van der Waals surface area contributed by atoms with Gasteiger partial charge in [-0.1, -0.05) is 6.08 Å². The van der Waals surface area contributed by atoms with Crippen LogP contribution in [0.4, 0.5) is 5.69 Å². The Kier molecular flexibility index (Phi) is 4.74. The second-order valence-electron chi connectivity index (χ2n) is 3.51. The van der Waals surface area contributed by atoms with Crippen molar-refractivity contribution in [2.24, 2.45) is 5.73 Å². The number of rotatable bonds is 6. The van der Waals surface area contributed by atoms with Crippen LogP contribution in [0.5, 0.6) is 5.75 Å². The molecule has 0 saturated carbocycles. The van der Waals surface area contributed by atoms with E-state index in [0.29, 0.717) is 17.8 Å². The number of nitrogens with two attached hydrogens (primary N) is 2. The van der Waals surface area contributed by atoms with Crippen LogP contribution in [-0.4, -0.2) is 25.0 Å². The van der Waals surface area contributed by atoms with E-state index < -0.39 is 5.91 Å². The molecule has 1 aromatic carbocycles. The van der Waals surface area contributed by atoms with E-state index in [0.717, 1.165) is 0 Å². The Labute approximate surface area is 105 Å². The number of hydrogen-bond donors (Lipinski definition) is 3. The van der Waals surface area contributed by atoms with Crippen LogP contribution in [0.15, 0.2) is 30.9 Å². The van der Waals surface area contributed by atoms with Crippen molar-refractivity contribution >= 4 is 17.5 Å². The molecule has 6 heteroatoms. The van der Waals surface area contributed by atoms with E-state index in [1.165, 1.54) is 12.1 Å². The van der Waals surface area contributed by atoms with E-state index in [9.17, 15) is 9.59 Å². The van der Waals surface area contributed by atoms with Crippen LogP contribution in [0.1, 0.15) is 10.4 Å². The molecule has 1 rings (SSSR count). The van der Waals surface area contributed by atoms with Crippen LogP contribution < -0.4 is 21.5 Å². The largest absolute Gasteiger partial charge is 0.482 e. The molecule has 0 aliphatic rings. The summed E-state index contributed by atoms with van der Waals surface area (Å²) in [6, 6.07) is 4.54. The Morgan fingerprint density at radius 1 is 1.44 bits per heavy atom. The second-order valence-corrected chi connectivity index (χ2v) is 3.51. The summed E-state index contributed by atoms with van der Waals surface area (Å²) in [4.78, 5) is 22.3. The van der Waals surface area contributed by atoms with Gasteiger partial charge in [-0.2, -0.15) is 0 Å². The number of amides is 2. The Morgan fingerprint density at radius 3 is 2.78 bits per heavy atom. The van der Waals surface area contributed by atoms with Gasteiger partial charge in [-0.05, 0) is 18.2 Å². The van der Waals surface area contributed by atoms with Crippen molar-refractivity contribution in [3.05, 3.63) is 36.4 Å². The predicted molar refractivity (Wildman–Crippen MR) is 68.1 cm³/mol. The Bertz CT molecular complexity index is 472. The summed E-state index contributed by atoms with van der Waals surface area (Å²) in [5, 5.41) is 2.62. The molecule has 96 valence electrons. The molecule has 0 heterocycles. The summed E-state index contributed by atoms with van der Waals surface area (Å²) in [7, 11) is 0. The third-order valence-electron chi connectivity index (χ3n) is 2.05. The van der Waals surface area contributed by atoms with Crippen LogP contribution in [0.3, 0.4) is 0 Å². The highest BCUT2D eigenvalue weighted by molar-refractivity contribution is 5.95. The third kappa shape index (κ3) is 3.82. The van der Waals surface area contributed by atoms with Crippen molar-refractivity contribution in [1.29, 1.82) is 0 Å². The molecule has 2 amide bonds. The van der Waals surface area contributed by atoms with Gasteiger partial charge in [0, 0.05) is 12.1 Å². The fourth-order valence-electron chi connectivity index (χ4n) is 1.22. The number of carbonyl (C=O) groups is 2. The maximum atomic E-state index is 11.7. The molecular weight excluding hydrogens is 234 g/mol. The number of nitrogen functional groups attached to an aromatic ring is 1. The van der Waals surface area contributed by atoms with Crippen molar-refractivity contribution in [2.45, 2.75) is 0 Å². The van der Waals surface area contributed by atoms with Gasteiger partial charge in [0.15, 0.2) is 6.61 Å². The lowest BCUT2D eigenvalue weighted by atomic mass is 10.2. The minimum atomic E-state index is -0.615. The van der Waals surface area contributed by atoms with Gasteiger partial charge in [-0.25, -0.2) is 0 Å². The van der Waals surface area contributed by atoms with Crippen LogP contribution in [0.25, 0.3) is 0 Å². The van der Waals surface area contributed by atoms with Gasteiger partial charge in [-0.3, -0.25) is 9.59 Å². The standard InChI is InChI=1S/C12H15N3O3/c1-2-5-15-12(17)8-3-4-9(13)10(6-8)18-7-11(14)16/h2-4,6H,1,5,7,13H2,(H2,14,16)(H,15,17). The first kappa shape index (κ1) is 13.6. The Morgan fingerprint density at radius 2 is 2.17 bits per heavy atom. The summed E-state index contributed by atoms with van der Waals surface area (Å²) in [5.74, 6) is -0.644. The summed E-state index contributed by atoms with van der Waals surface area (Å²) in [6.07, 6.45) is 1.57. The van der Waals surface area contributed by atoms with E-state index >= 15 is 0 Å². The van der Waals surface area contributed by atoms with E-state index in [2.05, 4.69) is 11.9 Å². The van der Waals surface area contributed by atoms with Crippen molar-refractivity contribution in [2.75, 3.05) is 18.9 Å². The lowest BCUT2D eigenvalue weighted by molar-refractivity contribution is -0.119. The lowest BCUT2D eigenvalue weighted by Gasteiger charge is -2.09. The van der Waals surface area contributed by atoms with Crippen molar-refractivity contribution in [1.82, 2.24) is 5.32 Å². The fraction of sp³-hybridized carbons (Fsp3) is 0.167. The maximum Gasteiger partial charge on any atom is 0.255 e. The number of nitrogens with one attached hydrogen (secondary N) is 1. The molecule has 0 fully saturated rings. The van der Waals surface area contributed by atoms with Gasteiger partial charge < -0.3 is 21.5 Å². The smallest absolute Gasteiger partial charge is 0.255 e. The highest BCUT2D eigenvalue weighted by atomic mass is 16.5. The first-order valence-electron chi connectivity index (χ1n) is 5.24. The van der Waals surface area contributed by atoms with Crippen LogP contribution >= 0.6 is 0 Å². The highest BCUT2D eigenvalue weighted by Crippen LogP contribution is 2.22. The lowest BCUT2D eigenvalue weighted by Crippen LogP contribution is -2.23. The molecule has 0 aliphatic carbocycles. The van der Waals surface area contributed by atoms with Crippen LogP contribution in [-0.2, 0) is 4.79 Å². The monoisotopic (exact) mass is 249 g/mol. The SMILES string of the molecule is C=CCNC(=O)c1ccc(N)c(OCC(N)=O)c1. The van der Waals surface area contributed by atoms with E-state index in [1.807, 2.05) is 0 Å². The molecule has 1 aromatic rings. The number of hydrogen-bond acceptors (Lipinski definition) is 4. The first-order chi connectivity index (χ1) is 8.54. The molecule has 0 aromatic heterocycles. The summed E-state index contributed by atoms with van der Waals surface area (Å²) in [6.45, 7) is 3.57. The zero-order valence-corrected chi connectivity index (χ0v) is 9.81. The molecule has 0 unspecified atom stereocenters. The van der Waals surface area contributed by atoms with Crippen LogP contribution in [0.2, 0.25) is 0 Å². The highest BCUT2D eigenvalue weighted by Gasteiger charge is 2.09. The van der Waals surface area contributed by atoms with Crippen LogP contribution in [0, 0.1) is 0 Å². The number of primary amides is 1. The van der Waals surface area contributed by atoms with Gasteiger partial charge in [-0.15, -0.1) is 6.58 Å². The average Bonchev–Trinajstić information content (AvgIpc) is 2.34. The van der Waals surface area contributed by atoms with Gasteiger partial charge in [0.2, 0.25) is 0 Å². The quantitative estimate of drug-likeness (QED) is 0.489. The first-order valence-corrected chi connectivity index (χ1v) is 5.24. The molecule has 18 heavy (non-hydrogen) atoms. The second kappa shape index (κ2) is 6.29. The molecule has 0 atom stereocenters. The summed E-state index contributed by atoms with van der Waals surface area (Å²) >= 11 is 0. The Balaban J connectivity index is 2.82.